The van der Waals surface area contributed by atoms with E-state index in [4.69, 9.17) is 17.2 Å². The molecule has 0 aromatic heterocycles. The van der Waals surface area contributed by atoms with Crippen molar-refractivity contribution < 1.29 is 5.11 Å². The average molecular weight is 279 g/mol. The molecular formula is C16H29N3O. The maximum Gasteiger partial charge on any atom is 0.125 e. The Hall–Kier alpha value is -1.10. The molecule has 0 fully saturated rings. The molecule has 0 radical (unpaired) electrons. The Morgan fingerprint density at radius 1 is 0.800 bits per heavy atom. The van der Waals surface area contributed by atoms with Gasteiger partial charge in [0.05, 0.1) is 0 Å². The lowest BCUT2D eigenvalue weighted by atomic mass is 9.78. The van der Waals surface area contributed by atoms with Gasteiger partial charge in [-0.2, -0.15) is 0 Å². The lowest BCUT2D eigenvalue weighted by molar-refractivity contribution is 0.409. The third kappa shape index (κ3) is 3.14. The van der Waals surface area contributed by atoms with Gasteiger partial charge in [0.15, 0.2) is 0 Å². The van der Waals surface area contributed by atoms with Crippen LogP contribution in [0.4, 0.5) is 0 Å². The number of nitrogens with two attached hydrogens (primary N) is 3. The summed E-state index contributed by atoms with van der Waals surface area (Å²) in [5, 5.41) is 10.6. The maximum absolute atomic E-state index is 10.6. The van der Waals surface area contributed by atoms with Gasteiger partial charge >= 0.3 is 0 Å². The summed E-state index contributed by atoms with van der Waals surface area (Å²) < 4.78 is 0. The first-order valence-electron chi connectivity index (χ1n) is 6.92. The standard InChI is InChI=1S/C16H29N3O/c1-9-10(14(2,3)17)8-11(15(4,5)18)13(20)12(9)16(6,7)19/h8,20H,17-19H2,1-7H3. The normalized spacial score (nSPS) is 13.7. The van der Waals surface area contributed by atoms with E-state index >= 15 is 0 Å². The Balaban J connectivity index is 3.86. The molecule has 4 heteroatoms. The van der Waals surface area contributed by atoms with Crippen molar-refractivity contribution in [2.24, 2.45) is 17.2 Å². The van der Waals surface area contributed by atoms with Crippen molar-refractivity contribution in [2.45, 2.75) is 65.1 Å². The largest absolute Gasteiger partial charge is 0.507 e. The molecule has 0 amide bonds. The van der Waals surface area contributed by atoms with E-state index in [1.165, 1.54) is 0 Å². The summed E-state index contributed by atoms with van der Waals surface area (Å²) in [6.45, 7) is 13.3. The minimum absolute atomic E-state index is 0.176. The van der Waals surface area contributed by atoms with E-state index in [-0.39, 0.29) is 5.75 Å². The highest BCUT2D eigenvalue weighted by atomic mass is 16.3. The lowest BCUT2D eigenvalue weighted by Gasteiger charge is -2.33. The van der Waals surface area contributed by atoms with Crippen molar-refractivity contribution >= 4 is 0 Å². The topological polar surface area (TPSA) is 98.3 Å². The smallest absolute Gasteiger partial charge is 0.125 e. The van der Waals surface area contributed by atoms with Crippen LogP contribution in [-0.2, 0) is 16.6 Å². The fourth-order valence-electron chi connectivity index (χ4n) is 2.72. The summed E-state index contributed by atoms with van der Waals surface area (Å²) in [6, 6.07) is 1.90. The molecule has 0 bridgehead atoms. The Morgan fingerprint density at radius 2 is 1.20 bits per heavy atom. The summed E-state index contributed by atoms with van der Waals surface area (Å²) >= 11 is 0. The Bertz CT molecular complexity index is 476. The Labute approximate surface area is 122 Å². The predicted octanol–water partition coefficient (Wildman–Crippen LogP) is 2.28. The third-order valence-corrected chi connectivity index (χ3v) is 3.59. The monoisotopic (exact) mass is 279 g/mol. The van der Waals surface area contributed by atoms with Gasteiger partial charge in [0, 0.05) is 27.7 Å². The zero-order chi connectivity index (χ0) is 16.1. The predicted molar refractivity (Wildman–Crippen MR) is 84.5 cm³/mol. The molecule has 20 heavy (non-hydrogen) atoms. The first-order chi connectivity index (χ1) is 8.67. The van der Waals surface area contributed by atoms with Gasteiger partial charge in [-0.3, -0.25) is 0 Å². The van der Waals surface area contributed by atoms with Gasteiger partial charge in [0.2, 0.25) is 0 Å². The molecule has 7 N–H and O–H groups in total. The first kappa shape index (κ1) is 17.0. The second-order valence-electron chi connectivity index (χ2n) is 7.49. The van der Waals surface area contributed by atoms with Crippen LogP contribution in [0.25, 0.3) is 0 Å². The zero-order valence-corrected chi connectivity index (χ0v) is 13.8. The molecular weight excluding hydrogens is 250 g/mol. The average Bonchev–Trinajstić information content (AvgIpc) is 2.10. The van der Waals surface area contributed by atoms with E-state index in [1.807, 2.05) is 54.5 Å². The first-order valence-corrected chi connectivity index (χ1v) is 6.92. The fraction of sp³-hybridized carbons (Fsp3) is 0.625. The number of benzene rings is 1. The van der Waals surface area contributed by atoms with Crippen LogP contribution in [0.2, 0.25) is 0 Å². The highest BCUT2D eigenvalue weighted by Gasteiger charge is 2.32. The second-order valence-corrected chi connectivity index (χ2v) is 7.49. The van der Waals surface area contributed by atoms with Crippen LogP contribution in [0.5, 0.6) is 5.75 Å². The molecule has 1 aromatic carbocycles. The second kappa shape index (κ2) is 4.72. The van der Waals surface area contributed by atoms with E-state index in [0.29, 0.717) is 11.1 Å². The van der Waals surface area contributed by atoms with E-state index < -0.39 is 16.6 Å². The summed E-state index contributed by atoms with van der Waals surface area (Å²) in [6.07, 6.45) is 0. The molecule has 0 saturated heterocycles. The summed E-state index contributed by atoms with van der Waals surface area (Å²) in [5.74, 6) is 0.176. The van der Waals surface area contributed by atoms with Crippen molar-refractivity contribution in [3.63, 3.8) is 0 Å². The van der Waals surface area contributed by atoms with Gasteiger partial charge in [-0.1, -0.05) is 0 Å². The van der Waals surface area contributed by atoms with Crippen LogP contribution < -0.4 is 17.2 Å². The maximum atomic E-state index is 10.6. The number of rotatable bonds is 3. The van der Waals surface area contributed by atoms with Crippen molar-refractivity contribution in [3.8, 4) is 5.75 Å². The number of phenolic OH excluding ortho intramolecular Hbond substituents is 1. The van der Waals surface area contributed by atoms with Gasteiger partial charge in [0.25, 0.3) is 0 Å². The van der Waals surface area contributed by atoms with Crippen molar-refractivity contribution in [3.05, 3.63) is 28.3 Å². The zero-order valence-electron chi connectivity index (χ0n) is 13.8. The number of aromatic hydroxyl groups is 1. The van der Waals surface area contributed by atoms with Crippen LogP contribution >= 0.6 is 0 Å². The Morgan fingerprint density at radius 3 is 1.50 bits per heavy atom. The van der Waals surface area contributed by atoms with E-state index in [1.54, 1.807) is 0 Å². The molecule has 0 aliphatic heterocycles. The van der Waals surface area contributed by atoms with E-state index in [9.17, 15) is 5.11 Å². The molecule has 1 rings (SSSR count). The number of hydrogen-bond acceptors (Lipinski definition) is 4. The van der Waals surface area contributed by atoms with Gasteiger partial charge in [0.1, 0.15) is 5.75 Å². The van der Waals surface area contributed by atoms with Gasteiger partial charge in [-0.05, 0) is 65.7 Å². The molecule has 1 aromatic rings. The van der Waals surface area contributed by atoms with Crippen LogP contribution in [0.15, 0.2) is 6.07 Å². The number of hydrogen-bond donors (Lipinski definition) is 4. The molecule has 0 heterocycles. The summed E-state index contributed by atoms with van der Waals surface area (Å²) in [4.78, 5) is 0. The molecule has 0 aliphatic rings. The Kier molecular flexibility index (Phi) is 4.00. The van der Waals surface area contributed by atoms with E-state index in [2.05, 4.69) is 0 Å². The lowest BCUT2D eigenvalue weighted by Crippen LogP contribution is -2.37. The van der Waals surface area contributed by atoms with Gasteiger partial charge in [-0.25, -0.2) is 0 Å². The molecule has 4 nitrogen and oxygen atoms in total. The molecule has 0 saturated carbocycles. The van der Waals surface area contributed by atoms with E-state index in [0.717, 1.165) is 11.1 Å². The van der Waals surface area contributed by atoms with Crippen LogP contribution in [0.3, 0.4) is 0 Å². The SMILES string of the molecule is Cc1c(C(C)(C)N)cc(C(C)(C)N)c(O)c1C(C)(C)N. The van der Waals surface area contributed by atoms with Crippen LogP contribution in [-0.4, -0.2) is 5.11 Å². The quantitative estimate of drug-likeness (QED) is 0.682. The molecule has 0 unspecified atom stereocenters. The third-order valence-electron chi connectivity index (χ3n) is 3.59. The van der Waals surface area contributed by atoms with Gasteiger partial charge in [-0.15, -0.1) is 0 Å². The number of phenols is 1. The highest BCUT2D eigenvalue weighted by Crippen LogP contribution is 2.41. The van der Waals surface area contributed by atoms with Crippen LogP contribution in [0.1, 0.15) is 63.8 Å². The van der Waals surface area contributed by atoms with Crippen molar-refractivity contribution in [2.75, 3.05) is 0 Å². The fourth-order valence-corrected chi connectivity index (χ4v) is 2.72. The molecule has 114 valence electrons. The summed E-state index contributed by atoms with van der Waals surface area (Å²) in [7, 11) is 0. The van der Waals surface area contributed by atoms with Crippen LogP contribution in [0, 0.1) is 6.92 Å². The van der Waals surface area contributed by atoms with Gasteiger partial charge < -0.3 is 22.3 Å². The van der Waals surface area contributed by atoms with Crippen molar-refractivity contribution in [1.82, 2.24) is 0 Å². The summed E-state index contributed by atoms with van der Waals surface area (Å²) in [5.41, 5.74) is 20.1. The minimum Gasteiger partial charge on any atom is -0.507 e. The minimum atomic E-state index is -0.671. The highest BCUT2D eigenvalue weighted by molar-refractivity contribution is 5.55. The van der Waals surface area contributed by atoms with Crippen molar-refractivity contribution in [1.29, 1.82) is 0 Å². The molecule has 0 atom stereocenters. The molecule has 0 spiro atoms. The molecule has 0 aliphatic carbocycles.